The van der Waals surface area contributed by atoms with Crippen LogP contribution in [0, 0.1) is 0 Å². The van der Waals surface area contributed by atoms with E-state index in [1.807, 2.05) is 36.5 Å². The van der Waals surface area contributed by atoms with Crippen molar-refractivity contribution in [1.82, 2.24) is 9.99 Å². The molecule has 1 aliphatic heterocycles. The van der Waals surface area contributed by atoms with Gasteiger partial charge >= 0.3 is 0 Å². The monoisotopic (exact) mass is 347 g/mol. The highest BCUT2D eigenvalue weighted by Gasteiger charge is 2.16. The minimum Gasteiger partial charge on any atom is -0.454 e. The lowest BCUT2D eigenvalue weighted by atomic mass is 10.2. The van der Waals surface area contributed by atoms with Gasteiger partial charge in [0, 0.05) is 34.8 Å². The minimum atomic E-state index is -0.311. The summed E-state index contributed by atoms with van der Waals surface area (Å²) in [4.78, 5) is 12.3. The highest BCUT2D eigenvalue weighted by molar-refractivity contribution is 6.00. The third-order valence-corrected chi connectivity index (χ3v) is 4.15. The highest BCUT2D eigenvalue weighted by atomic mass is 16.7. The van der Waals surface area contributed by atoms with Gasteiger partial charge in [-0.2, -0.15) is 5.10 Å². The molecule has 130 valence electrons. The highest BCUT2D eigenvalue weighted by Crippen LogP contribution is 2.32. The Kier molecular flexibility index (Phi) is 4.15. The fourth-order valence-corrected chi connectivity index (χ4v) is 2.93. The molecule has 2 heterocycles. The average Bonchev–Trinajstić information content (AvgIpc) is 3.27. The maximum Gasteiger partial charge on any atom is 0.271 e. The van der Waals surface area contributed by atoms with E-state index < -0.39 is 0 Å². The van der Waals surface area contributed by atoms with Gasteiger partial charge in [0.2, 0.25) is 6.79 Å². The van der Waals surface area contributed by atoms with Gasteiger partial charge in [-0.15, -0.1) is 6.58 Å². The molecule has 6 heteroatoms. The van der Waals surface area contributed by atoms with Crippen LogP contribution in [0.2, 0.25) is 0 Å². The summed E-state index contributed by atoms with van der Waals surface area (Å²) in [7, 11) is 0. The predicted molar refractivity (Wildman–Crippen MR) is 99.8 cm³/mol. The summed E-state index contributed by atoms with van der Waals surface area (Å²) in [5.74, 6) is 0.892. The fraction of sp³-hybridized carbons (Fsp3) is 0.100. The second-order valence-electron chi connectivity index (χ2n) is 5.81. The first-order valence-electron chi connectivity index (χ1n) is 8.18. The topological polar surface area (TPSA) is 64.9 Å². The minimum absolute atomic E-state index is 0.174. The van der Waals surface area contributed by atoms with E-state index in [2.05, 4.69) is 21.7 Å². The Balaban J connectivity index is 1.52. The van der Waals surface area contributed by atoms with Crippen LogP contribution < -0.4 is 14.9 Å². The van der Waals surface area contributed by atoms with Gasteiger partial charge in [0.1, 0.15) is 0 Å². The van der Waals surface area contributed by atoms with Crippen LogP contribution >= 0.6 is 0 Å². The number of ether oxygens (including phenoxy) is 2. The van der Waals surface area contributed by atoms with Crippen molar-refractivity contribution in [2.45, 2.75) is 6.54 Å². The van der Waals surface area contributed by atoms with Crippen LogP contribution in [0.15, 0.2) is 66.4 Å². The fourth-order valence-electron chi connectivity index (χ4n) is 2.93. The molecule has 1 N–H and O–H groups in total. The van der Waals surface area contributed by atoms with Gasteiger partial charge in [0.15, 0.2) is 11.5 Å². The Morgan fingerprint density at radius 1 is 1.23 bits per heavy atom. The number of carbonyl (C=O) groups is 1. The first kappa shape index (κ1) is 16.0. The summed E-state index contributed by atoms with van der Waals surface area (Å²) in [5, 5.41) is 5.16. The zero-order chi connectivity index (χ0) is 17.9. The van der Waals surface area contributed by atoms with E-state index >= 15 is 0 Å². The van der Waals surface area contributed by atoms with Crippen molar-refractivity contribution in [3.63, 3.8) is 0 Å². The number of hydrogen-bond donors (Lipinski definition) is 1. The van der Waals surface area contributed by atoms with Crippen LogP contribution in [-0.2, 0) is 6.54 Å². The number of nitrogens with zero attached hydrogens (tertiary/aromatic N) is 2. The number of hydrogen-bond acceptors (Lipinski definition) is 4. The molecule has 0 bridgehead atoms. The van der Waals surface area contributed by atoms with Crippen LogP contribution in [0.5, 0.6) is 11.5 Å². The van der Waals surface area contributed by atoms with Crippen molar-refractivity contribution in [3.8, 4) is 11.5 Å². The van der Waals surface area contributed by atoms with Crippen LogP contribution in [-0.4, -0.2) is 23.5 Å². The lowest BCUT2D eigenvalue weighted by molar-refractivity contribution is 0.0954. The summed E-state index contributed by atoms with van der Waals surface area (Å²) in [6.07, 6.45) is 5.48. The third kappa shape index (κ3) is 2.93. The number of aromatic nitrogens is 1. The van der Waals surface area contributed by atoms with E-state index in [0.29, 0.717) is 23.6 Å². The number of fused-ring (bicyclic) bond motifs is 2. The van der Waals surface area contributed by atoms with Crippen molar-refractivity contribution >= 4 is 23.0 Å². The van der Waals surface area contributed by atoms with E-state index in [1.165, 1.54) is 0 Å². The Morgan fingerprint density at radius 2 is 2.08 bits per heavy atom. The van der Waals surface area contributed by atoms with Gasteiger partial charge in [-0.05, 0) is 24.3 Å². The summed E-state index contributed by atoms with van der Waals surface area (Å²) in [6.45, 7) is 4.67. The van der Waals surface area contributed by atoms with E-state index in [4.69, 9.17) is 9.47 Å². The van der Waals surface area contributed by atoms with Gasteiger partial charge in [0.05, 0.1) is 6.21 Å². The van der Waals surface area contributed by atoms with Gasteiger partial charge in [-0.1, -0.05) is 24.3 Å². The molecule has 1 aliphatic rings. The molecule has 0 saturated carbocycles. The summed E-state index contributed by atoms with van der Waals surface area (Å²) in [6, 6.07) is 13.1. The third-order valence-electron chi connectivity index (χ3n) is 4.15. The molecule has 1 aromatic heterocycles. The molecule has 0 atom stereocenters. The molecular weight excluding hydrogens is 330 g/mol. The number of amides is 1. The molecule has 6 nitrogen and oxygen atoms in total. The van der Waals surface area contributed by atoms with Crippen LogP contribution in [0.3, 0.4) is 0 Å². The number of nitrogens with one attached hydrogen (secondary N) is 1. The molecule has 26 heavy (non-hydrogen) atoms. The van der Waals surface area contributed by atoms with Gasteiger partial charge in [-0.25, -0.2) is 5.43 Å². The Labute approximate surface area is 150 Å². The van der Waals surface area contributed by atoms with E-state index in [-0.39, 0.29) is 12.7 Å². The lowest BCUT2D eigenvalue weighted by Crippen LogP contribution is -2.17. The number of allylic oxidation sites excluding steroid dienone is 1. The Morgan fingerprint density at radius 3 is 2.96 bits per heavy atom. The standard InChI is InChI=1S/C20H17N3O3/c1-2-9-23-12-15(16-5-3-4-6-17(16)23)11-21-22-20(24)14-7-8-18-19(10-14)26-13-25-18/h2-8,10-12H,1,9,13H2,(H,22,24)/b21-11-. The Hall–Kier alpha value is -3.54. The molecule has 2 aromatic carbocycles. The summed E-state index contributed by atoms with van der Waals surface area (Å²) in [5.41, 5.74) is 5.03. The maximum atomic E-state index is 12.3. The molecule has 0 fully saturated rings. The molecular formula is C20H17N3O3. The second-order valence-corrected chi connectivity index (χ2v) is 5.81. The molecule has 0 saturated heterocycles. The lowest BCUT2D eigenvalue weighted by Gasteiger charge is -2.01. The van der Waals surface area contributed by atoms with Crippen molar-refractivity contribution in [2.24, 2.45) is 5.10 Å². The number of hydrazone groups is 1. The average molecular weight is 347 g/mol. The van der Waals surface area contributed by atoms with Crippen molar-refractivity contribution < 1.29 is 14.3 Å². The quantitative estimate of drug-likeness (QED) is 0.437. The van der Waals surface area contributed by atoms with Gasteiger partial charge in [0.25, 0.3) is 5.91 Å². The van der Waals surface area contributed by atoms with Crippen molar-refractivity contribution in [1.29, 1.82) is 0 Å². The molecule has 0 spiro atoms. The first-order valence-corrected chi connectivity index (χ1v) is 8.18. The molecule has 0 radical (unpaired) electrons. The van der Waals surface area contributed by atoms with E-state index in [1.54, 1.807) is 24.4 Å². The summed E-state index contributed by atoms with van der Waals surface area (Å²) >= 11 is 0. The number of benzene rings is 2. The largest absolute Gasteiger partial charge is 0.454 e. The number of rotatable bonds is 5. The smallest absolute Gasteiger partial charge is 0.271 e. The van der Waals surface area contributed by atoms with Crippen molar-refractivity contribution in [2.75, 3.05) is 6.79 Å². The zero-order valence-electron chi connectivity index (χ0n) is 14.0. The van der Waals surface area contributed by atoms with Gasteiger partial charge < -0.3 is 14.0 Å². The van der Waals surface area contributed by atoms with E-state index in [9.17, 15) is 4.79 Å². The summed E-state index contributed by atoms with van der Waals surface area (Å²) < 4.78 is 12.6. The first-order chi connectivity index (χ1) is 12.8. The second kappa shape index (κ2) is 6.76. The molecule has 4 rings (SSSR count). The Bertz CT molecular complexity index is 1020. The normalized spacial score (nSPS) is 12.6. The van der Waals surface area contributed by atoms with E-state index in [0.717, 1.165) is 16.5 Å². The maximum absolute atomic E-state index is 12.3. The number of para-hydroxylation sites is 1. The van der Waals surface area contributed by atoms with Crippen molar-refractivity contribution in [3.05, 3.63) is 72.4 Å². The number of carbonyl (C=O) groups excluding carboxylic acids is 1. The molecule has 3 aromatic rings. The van der Waals surface area contributed by atoms with Crippen LogP contribution in [0.1, 0.15) is 15.9 Å². The predicted octanol–water partition coefficient (Wildman–Crippen LogP) is 3.32. The van der Waals surface area contributed by atoms with Crippen LogP contribution in [0.25, 0.3) is 10.9 Å². The molecule has 0 aliphatic carbocycles. The van der Waals surface area contributed by atoms with Crippen LogP contribution in [0.4, 0.5) is 0 Å². The zero-order valence-corrected chi connectivity index (χ0v) is 14.0. The molecule has 1 amide bonds. The van der Waals surface area contributed by atoms with Gasteiger partial charge in [-0.3, -0.25) is 4.79 Å². The SMILES string of the molecule is C=CCn1cc(/C=N\NC(=O)c2ccc3c(c2)OCO3)c2ccccc21. The molecule has 0 unspecified atom stereocenters.